The third-order valence-corrected chi connectivity index (χ3v) is 4.72. The number of rotatable bonds is 4. The molecule has 4 nitrogen and oxygen atoms in total. The second-order valence-corrected chi connectivity index (χ2v) is 6.73. The molecule has 1 aromatic rings. The average Bonchev–Trinajstić information content (AvgIpc) is 2.97. The first-order valence-electron chi connectivity index (χ1n) is 8.85. The summed E-state index contributed by atoms with van der Waals surface area (Å²) in [6, 6.07) is 7.70. The molecule has 1 heterocycles. The number of Topliss-reactive ketones (excluding diaryl/α,β-unsaturated/α-hetero) is 1. The lowest BCUT2D eigenvalue weighted by molar-refractivity contribution is -0.117. The van der Waals surface area contributed by atoms with Crippen LogP contribution < -0.4 is 10.5 Å². The fourth-order valence-electron chi connectivity index (χ4n) is 3.29. The van der Waals surface area contributed by atoms with Gasteiger partial charge in [-0.3, -0.25) is 4.79 Å². The van der Waals surface area contributed by atoms with Crippen molar-refractivity contribution in [3.05, 3.63) is 83.5 Å². The summed E-state index contributed by atoms with van der Waals surface area (Å²) < 4.78 is 11.6. The Morgan fingerprint density at radius 2 is 2.19 bits per heavy atom. The Bertz CT molecular complexity index is 873. The van der Waals surface area contributed by atoms with E-state index < -0.39 is 0 Å². The van der Waals surface area contributed by atoms with Crippen molar-refractivity contribution in [3.63, 3.8) is 0 Å². The predicted molar refractivity (Wildman–Crippen MR) is 101 cm³/mol. The Hall–Kier alpha value is -3.01. The summed E-state index contributed by atoms with van der Waals surface area (Å²) in [6.45, 7) is 0.635. The highest BCUT2D eigenvalue weighted by Gasteiger charge is 2.37. The van der Waals surface area contributed by atoms with E-state index in [1.807, 2.05) is 24.3 Å². The predicted octanol–water partition coefficient (Wildman–Crippen LogP) is 3.88. The van der Waals surface area contributed by atoms with Crippen LogP contribution in [0.3, 0.4) is 0 Å². The molecular formula is C22H21NO3. The zero-order valence-corrected chi connectivity index (χ0v) is 14.4. The number of carbonyl (C=O) groups excluding carboxylic acids is 1. The van der Waals surface area contributed by atoms with E-state index in [0.29, 0.717) is 36.2 Å². The van der Waals surface area contributed by atoms with E-state index >= 15 is 0 Å². The number of hydrogen-bond acceptors (Lipinski definition) is 4. The van der Waals surface area contributed by atoms with Gasteiger partial charge in [-0.1, -0.05) is 36.4 Å². The summed E-state index contributed by atoms with van der Waals surface area (Å²) in [4.78, 5) is 12.5. The van der Waals surface area contributed by atoms with Crippen LogP contribution >= 0.6 is 0 Å². The largest absolute Gasteiger partial charge is 0.493 e. The van der Waals surface area contributed by atoms with Crippen LogP contribution in [-0.2, 0) is 9.53 Å². The number of ketones is 1. The van der Waals surface area contributed by atoms with E-state index in [1.54, 1.807) is 18.2 Å². The third-order valence-electron chi connectivity index (χ3n) is 4.72. The standard InChI is InChI=1S/C22H21NO3/c23-17-9-10-20-19(13-17)22(24)21(26-20)12-16-7-4-8-18(11-16)25-14-15-5-2-1-3-6-15/h1-5,7-12,15,19H,6,13-14,23H2/b21-12-. The quantitative estimate of drug-likeness (QED) is 0.840. The topological polar surface area (TPSA) is 61.6 Å². The van der Waals surface area contributed by atoms with Crippen molar-refractivity contribution in [2.45, 2.75) is 12.8 Å². The smallest absolute Gasteiger partial charge is 0.209 e. The van der Waals surface area contributed by atoms with Crippen molar-refractivity contribution < 1.29 is 14.3 Å². The minimum atomic E-state index is -0.281. The van der Waals surface area contributed by atoms with Gasteiger partial charge in [-0.15, -0.1) is 0 Å². The Balaban J connectivity index is 1.45. The highest BCUT2D eigenvalue weighted by molar-refractivity contribution is 6.03. The van der Waals surface area contributed by atoms with Gasteiger partial charge in [0.05, 0.1) is 12.5 Å². The molecule has 4 rings (SSSR count). The van der Waals surface area contributed by atoms with Gasteiger partial charge in [0.25, 0.3) is 0 Å². The molecule has 0 aromatic heterocycles. The van der Waals surface area contributed by atoms with Crippen molar-refractivity contribution in [2.24, 2.45) is 17.6 Å². The van der Waals surface area contributed by atoms with Crippen molar-refractivity contribution >= 4 is 11.9 Å². The molecule has 0 bridgehead atoms. The molecule has 0 radical (unpaired) electrons. The lowest BCUT2D eigenvalue weighted by Crippen LogP contribution is -2.15. The number of hydrogen-bond donors (Lipinski definition) is 1. The number of allylic oxidation sites excluding steroid dienone is 8. The maximum absolute atomic E-state index is 12.5. The van der Waals surface area contributed by atoms with E-state index in [9.17, 15) is 4.79 Å². The normalized spacial score (nSPS) is 25.5. The first kappa shape index (κ1) is 16.5. The van der Waals surface area contributed by atoms with E-state index in [1.165, 1.54) is 0 Å². The van der Waals surface area contributed by atoms with Gasteiger partial charge >= 0.3 is 0 Å². The molecule has 0 amide bonds. The van der Waals surface area contributed by atoms with Gasteiger partial charge in [0.15, 0.2) is 5.76 Å². The fraction of sp³-hybridized carbons (Fsp3) is 0.227. The molecule has 0 spiro atoms. The maximum atomic E-state index is 12.5. The lowest BCUT2D eigenvalue weighted by atomic mass is 9.93. The molecule has 2 unspecified atom stereocenters. The number of fused-ring (bicyclic) bond motifs is 1. The number of nitrogens with two attached hydrogens (primary N) is 1. The molecule has 3 aliphatic rings. The van der Waals surface area contributed by atoms with E-state index in [0.717, 1.165) is 17.7 Å². The van der Waals surface area contributed by atoms with Crippen molar-refractivity contribution in [3.8, 4) is 5.75 Å². The summed E-state index contributed by atoms with van der Waals surface area (Å²) in [5.74, 6) is 1.93. The summed E-state index contributed by atoms with van der Waals surface area (Å²) in [7, 11) is 0. The van der Waals surface area contributed by atoms with Crippen LogP contribution in [0.1, 0.15) is 18.4 Å². The minimum absolute atomic E-state index is 0.0160. The van der Waals surface area contributed by atoms with Crippen LogP contribution in [0.25, 0.3) is 6.08 Å². The van der Waals surface area contributed by atoms with E-state index in [4.69, 9.17) is 15.2 Å². The molecule has 1 fully saturated rings. The molecule has 1 aromatic carbocycles. The summed E-state index contributed by atoms with van der Waals surface area (Å²) >= 11 is 0. The first-order valence-corrected chi connectivity index (χ1v) is 8.85. The summed E-state index contributed by atoms with van der Waals surface area (Å²) in [5, 5.41) is 0. The Morgan fingerprint density at radius 3 is 3.04 bits per heavy atom. The summed E-state index contributed by atoms with van der Waals surface area (Å²) in [5.41, 5.74) is 7.42. The van der Waals surface area contributed by atoms with Gasteiger partial charge in [-0.25, -0.2) is 0 Å². The zero-order chi connectivity index (χ0) is 17.9. The third kappa shape index (κ3) is 3.49. The fourth-order valence-corrected chi connectivity index (χ4v) is 3.29. The van der Waals surface area contributed by atoms with Crippen molar-refractivity contribution in [1.82, 2.24) is 0 Å². The number of carbonyl (C=O) groups is 1. The van der Waals surface area contributed by atoms with Gasteiger partial charge < -0.3 is 15.2 Å². The Kier molecular flexibility index (Phi) is 4.48. The van der Waals surface area contributed by atoms with Gasteiger partial charge in [0.1, 0.15) is 11.5 Å². The van der Waals surface area contributed by atoms with Crippen LogP contribution in [0.5, 0.6) is 5.75 Å². The van der Waals surface area contributed by atoms with E-state index in [-0.39, 0.29) is 11.7 Å². The first-order chi connectivity index (χ1) is 12.7. The van der Waals surface area contributed by atoms with Crippen molar-refractivity contribution in [1.29, 1.82) is 0 Å². The maximum Gasteiger partial charge on any atom is 0.209 e. The molecule has 0 saturated carbocycles. The van der Waals surface area contributed by atoms with Crippen LogP contribution in [0.2, 0.25) is 0 Å². The van der Waals surface area contributed by atoms with Crippen LogP contribution in [0.15, 0.2) is 77.9 Å². The highest BCUT2D eigenvalue weighted by atomic mass is 16.5. The monoisotopic (exact) mass is 347 g/mol. The lowest BCUT2D eigenvalue weighted by Gasteiger charge is -2.14. The molecule has 4 heteroatoms. The minimum Gasteiger partial charge on any atom is -0.493 e. The molecule has 1 saturated heterocycles. The molecule has 132 valence electrons. The van der Waals surface area contributed by atoms with Crippen molar-refractivity contribution in [2.75, 3.05) is 6.61 Å². The Morgan fingerprint density at radius 1 is 1.27 bits per heavy atom. The van der Waals surface area contributed by atoms with Crippen LogP contribution in [0.4, 0.5) is 0 Å². The second kappa shape index (κ2) is 7.08. The molecule has 2 atom stereocenters. The van der Waals surface area contributed by atoms with E-state index in [2.05, 4.69) is 24.3 Å². The van der Waals surface area contributed by atoms with Crippen LogP contribution in [-0.4, -0.2) is 12.4 Å². The highest BCUT2D eigenvalue weighted by Crippen LogP contribution is 2.36. The SMILES string of the molecule is NC1=CC=C2O/C(=C\c3cccc(OCC4C=CC=CC4)c3)C(=O)C2C1. The Labute approximate surface area is 153 Å². The molecular weight excluding hydrogens is 326 g/mol. The molecule has 2 N–H and O–H groups in total. The average molecular weight is 347 g/mol. The number of benzene rings is 1. The summed E-state index contributed by atoms with van der Waals surface area (Å²) in [6.07, 6.45) is 15.3. The van der Waals surface area contributed by atoms with Crippen LogP contribution in [0, 0.1) is 11.8 Å². The molecule has 2 aliphatic carbocycles. The molecule has 26 heavy (non-hydrogen) atoms. The van der Waals surface area contributed by atoms with Gasteiger partial charge in [0, 0.05) is 18.0 Å². The van der Waals surface area contributed by atoms with Gasteiger partial charge in [-0.2, -0.15) is 0 Å². The number of ether oxygens (including phenoxy) is 2. The van der Waals surface area contributed by atoms with Gasteiger partial charge in [-0.05, 0) is 42.3 Å². The van der Waals surface area contributed by atoms with Gasteiger partial charge in [0.2, 0.25) is 5.78 Å². The molecule has 1 aliphatic heterocycles. The second-order valence-electron chi connectivity index (χ2n) is 6.73. The zero-order valence-electron chi connectivity index (χ0n) is 14.4.